The first-order valence-electron chi connectivity index (χ1n) is 6.07. The Morgan fingerprint density at radius 3 is 2.61 bits per heavy atom. The van der Waals surface area contributed by atoms with Crippen LogP contribution in [0.25, 0.3) is 0 Å². The molecular formula is C13H19NO3S. The van der Waals surface area contributed by atoms with Crippen molar-refractivity contribution in [3.05, 3.63) is 29.3 Å². The fourth-order valence-corrected chi connectivity index (χ4v) is 3.93. The Labute approximate surface area is 108 Å². The Kier molecular flexibility index (Phi) is 3.75. The summed E-state index contributed by atoms with van der Waals surface area (Å²) in [4.78, 5) is 0.344. The molecular weight excluding hydrogens is 250 g/mol. The van der Waals surface area contributed by atoms with Gasteiger partial charge >= 0.3 is 0 Å². The molecule has 2 rings (SSSR count). The molecule has 18 heavy (non-hydrogen) atoms. The lowest BCUT2D eigenvalue weighted by molar-refractivity contribution is 0.0891. The van der Waals surface area contributed by atoms with E-state index in [9.17, 15) is 8.42 Å². The van der Waals surface area contributed by atoms with Crippen LogP contribution < -0.4 is 5.73 Å². The highest BCUT2D eigenvalue weighted by atomic mass is 32.2. The Morgan fingerprint density at radius 2 is 2.00 bits per heavy atom. The number of benzene rings is 1. The van der Waals surface area contributed by atoms with E-state index in [1.807, 2.05) is 19.9 Å². The molecule has 0 saturated carbocycles. The van der Waals surface area contributed by atoms with E-state index in [-0.39, 0.29) is 12.6 Å². The lowest BCUT2D eigenvalue weighted by atomic mass is 10.1. The van der Waals surface area contributed by atoms with Crippen molar-refractivity contribution in [1.29, 1.82) is 0 Å². The van der Waals surface area contributed by atoms with E-state index in [2.05, 4.69) is 0 Å². The maximum absolute atomic E-state index is 12.5. The molecule has 1 heterocycles. The predicted octanol–water partition coefficient (Wildman–Crippen LogP) is 1.19. The molecule has 1 aromatic carbocycles. The quantitative estimate of drug-likeness (QED) is 0.875. The highest BCUT2D eigenvalue weighted by molar-refractivity contribution is 7.92. The molecule has 0 amide bonds. The first-order chi connectivity index (χ1) is 8.43. The summed E-state index contributed by atoms with van der Waals surface area (Å²) >= 11 is 0. The van der Waals surface area contributed by atoms with E-state index >= 15 is 0 Å². The Morgan fingerprint density at radius 1 is 1.28 bits per heavy atom. The van der Waals surface area contributed by atoms with Gasteiger partial charge in [-0.25, -0.2) is 8.42 Å². The lowest BCUT2D eigenvalue weighted by Gasteiger charge is -2.28. The summed E-state index contributed by atoms with van der Waals surface area (Å²) in [6.07, 6.45) is 0.592. The molecule has 1 aromatic rings. The molecule has 100 valence electrons. The molecule has 1 aliphatic heterocycles. The molecule has 4 nitrogen and oxygen atoms in total. The van der Waals surface area contributed by atoms with Crippen LogP contribution in [0, 0.1) is 13.8 Å². The van der Waals surface area contributed by atoms with Gasteiger partial charge in [-0.3, -0.25) is 0 Å². The van der Waals surface area contributed by atoms with Crippen LogP contribution in [-0.2, 0) is 14.6 Å². The van der Waals surface area contributed by atoms with Crippen molar-refractivity contribution in [2.75, 3.05) is 13.2 Å². The third kappa shape index (κ3) is 2.43. The second-order valence-corrected chi connectivity index (χ2v) is 7.02. The topological polar surface area (TPSA) is 69.4 Å². The molecule has 1 fully saturated rings. The largest absolute Gasteiger partial charge is 0.380 e. The molecule has 1 saturated heterocycles. The van der Waals surface area contributed by atoms with Crippen molar-refractivity contribution in [3.63, 3.8) is 0 Å². The summed E-state index contributed by atoms with van der Waals surface area (Å²) < 4.78 is 30.3. The summed E-state index contributed by atoms with van der Waals surface area (Å²) in [6.45, 7) is 4.60. The van der Waals surface area contributed by atoms with Crippen molar-refractivity contribution >= 4 is 9.84 Å². The average molecular weight is 269 g/mol. The van der Waals surface area contributed by atoms with E-state index in [1.54, 1.807) is 12.1 Å². The monoisotopic (exact) mass is 269 g/mol. The van der Waals surface area contributed by atoms with Crippen LogP contribution in [0.2, 0.25) is 0 Å². The summed E-state index contributed by atoms with van der Waals surface area (Å²) in [6, 6.07) is 4.85. The summed E-state index contributed by atoms with van der Waals surface area (Å²) in [5.41, 5.74) is 7.97. The zero-order valence-corrected chi connectivity index (χ0v) is 11.5. The van der Waals surface area contributed by atoms with E-state index in [0.29, 0.717) is 17.9 Å². The van der Waals surface area contributed by atoms with Crippen LogP contribution in [-0.4, -0.2) is 32.9 Å². The van der Waals surface area contributed by atoms with Crippen LogP contribution in [0.3, 0.4) is 0 Å². The second-order valence-electron chi connectivity index (χ2n) is 4.86. The lowest BCUT2D eigenvalue weighted by Crippen LogP contribution is -2.47. The van der Waals surface area contributed by atoms with Crippen molar-refractivity contribution in [2.24, 2.45) is 5.73 Å². The van der Waals surface area contributed by atoms with E-state index in [1.165, 1.54) is 0 Å². The summed E-state index contributed by atoms with van der Waals surface area (Å²) in [5, 5.41) is -0.631. The normalized spacial score (nSPS) is 25.1. The first kappa shape index (κ1) is 13.5. The van der Waals surface area contributed by atoms with Crippen LogP contribution in [0.15, 0.2) is 23.1 Å². The van der Waals surface area contributed by atoms with Gasteiger partial charge < -0.3 is 10.5 Å². The molecule has 0 aromatic heterocycles. The molecule has 0 bridgehead atoms. The zero-order valence-electron chi connectivity index (χ0n) is 10.7. The fourth-order valence-electron chi connectivity index (χ4n) is 2.11. The van der Waals surface area contributed by atoms with Crippen molar-refractivity contribution in [1.82, 2.24) is 0 Å². The van der Waals surface area contributed by atoms with Crippen molar-refractivity contribution in [3.8, 4) is 0 Å². The Balaban J connectivity index is 2.37. The highest BCUT2D eigenvalue weighted by Gasteiger charge is 2.35. The fraction of sp³-hybridized carbons (Fsp3) is 0.538. The SMILES string of the molecule is Cc1ccc(S(=O)(=O)C2COCCC2N)cc1C. The number of aryl methyl sites for hydroxylation is 2. The van der Waals surface area contributed by atoms with E-state index in [4.69, 9.17) is 10.5 Å². The van der Waals surface area contributed by atoms with Gasteiger partial charge in [0.2, 0.25) is 0 Å². The number of hydrogen-bond donors (Lipinski definition) is 1. The summed E-state index contributed by atoms with van der Waals surface area (Å²) in [5.74, 6) is 0. The molecule has 1 aliphatic rings. The molecule has 5 heteroatoms. The first-order valence-corrected chi connectivity index (χ1v) is 7.62. The number of rotatable bonds is 2. The molecule has 0 radical (unpaired) electrons. The smallest absolute Gasteiger partial charge is 0.185 e. The standard InChI is InChI=1S/C13H19NO3S/c1-9-3-4-11(7-10(9)2)18(15,16)13-8-17-6-5-12(13)14/h3-4,7,12-13H,5-6,8,14H2,1-2H3. The van der Waals surface area contributed by atoms with Gasteiger partial charge in [0.15, 0.2) is 9.84 Å². The van der Waals surface area contributed by atoms with Gasteiger partial charge in [0.1, 0.15) is 5.25 Å². The maximum Gasteiger partial charge on any atom is 0.185 e. The van der Waals surface area contributed by atoms with Gasteiger partial charge in [-0.15, -0.1) is 0 Å². The minimum absolute atomic E-state index is 0.191. The molecule has 2 unspecified atom stereocenters. The second kappa shape index (κ2) is 4.99. The zero-order chi connectivity index (χ0) is 13.3. The van der Waals surface area contributed by atoms with Gasteiger partial charge in [0.25, 0.3) is 0 Å². The van der Waals surface area contributed by atoms with Crippen LogP contribution in [0.1, 0.15) is 17.5 Å². The van der Waals surface area contributed by atoms with Gasteiger partial charge in [-0.2, -0.15) is 0 Å². The Hall–Kier alpha value is -0.910. The van der Waals surface area contributed by atoms with Crippen LogP contribution >= 0.6 is 0 Å². The number of nitrogens with two attached hydrogens (primary N) is 1. The number of ether oxygens (including phenoxy) is 1. The molecule has 2 N–H and O–H groups in total. The van der Waals surface area contributed by atoms with E-state index < -0.39 is 15.1 Å². The highest BCUT2D eigenvalue weighted by Crippen LogP contribution is 2.23. The third-order valence-electron chi connectivity index (χ3n) is 3.56. The maximum atomic E-state index is 12.5. The summed E-state index contributed by atoms with van der Waals surface area (Å²) in [7, 11) is -3.40. The minimum Gasteiger partial charge on any atom is -0.380 e. The third-order valence-corrected chi connectivity index (χ3v) is 5.75. The van der Waals surface area contributed by atoms with Crippen molar-refractivity contribution < 1.29 is 13.2 Å². The predicted molar refractivity (Wildman–Crippen MR) is 70.3 cm³/mol. The van der Waals surface area contributed by atoms with Gasteiger partial charge in [-0.1, -0.05) is 6.07 Å². The molecule has 2 atom stereocenters. The van der Waals surface area contributed by atoms with Crippen molar-refractivity contribution in [2.45, 2.75) is 36.5 Å². The van der Waals surface area contributed by atoms with Gasteiger partial charge in [0, 0.05) is 12.6 Å². The van der Waals surface area contributed by atoms with Gasteiger partial charge in [-0.05, 0) is 43.5 Å². The molecule has 0 spiro atoms. The minimum atomic E-state index is -3.40. The number of sulfone groups is 1. The molecule has 0 aliphatic carbocycles. The number of hydrogen-bond acceptors (Lipinski definition) is 4. The van der Waals surface area contributed by atoms with E-state index in [0.717, 1.165) is 11.1 Å². The van der Waals surface area contributed by atoms with Gasteiger partial charge in [0.05, 0.1) is 11.5 Å². The van der Waals surface area contributed by atoms with Crippen LogP contribution in [0.5, 0.6) is 0 Å². The Bertz CT molecular complexity index is 539. The average Bonchev–Trinajstić information content (AvgIpc) is 2.33. The van der Waals surface area contributed by atoms with Crippen LogP contribution in [0.4, 0.5) is 0 Å².